The number of aliphatic hydroxyl groups is 1. The van der Waals surface area contributed by atoms with Gasteiger partial charge in [-0.3, -0.25) is 9.78 Å². The first-order chi connectivity index (χ1) is 15.1. The van der Waals surface area contributed by atoms with E-state index in [1.54, 1.807) is 6.20 Å². The maximum atomic E-state index is 13.2. The summed E-state index contributed by atoms with van der Waals surface area (Å²) < 4.78 is 2.12. The van der Waals surface area contributed by atoms with E-state index < -0.39 is 6.10 Å². The lowest BCUT2D eigenvalue weighted by atomic mass is 9.77. The highest BCUT2D eigenvalue weighted by Crippen LogP contribution is 2.42. The zero-order valence-corrected chi connectivity index (χ0v) is 20.0. The third-order valence-corrected chi connectivity index (χ3v) is 6.95. The first kappa shape index (κ1) is 25.4. The number of rotatable bonds is 5. The number of nitrogens with two attached hydrogens (primary N) is 1. The molecule has 1 amide bonds. The van der Waals surface area contributed by atoms with Crippen molar-refractivity contribution in [3.8, 4) is 0 Å². The molecule has 2 aromatic heterocycles. The Morgan fingerprint density at radius 3 is 2.67 bits per heavy atom. The summed E-state index contributed by atoms with van der Waals surface area (Å²) >= 11 is 0. The maximum Gasteiger partial charge on any atom is 0.255 e. The summed E-state index contributed by atoms with van der Waals surface area (Å²) in [5, 5.41) is 10.9. The molecule has 4 atom stereocenters. The average Bonchev–Trinajstić information content (AvgIpc) is 3.40. The van der Waals surface area contributed by atoms with Crippen LogP contribution in [0.3, 0.4) is 0 Å². The number of hydrogen-bond acceptors (Lipinski definition) is 5. The molecule has 2 aliphatic rings. The van der Waals surface area contributed by atoms with Crippen LogP contribution in [0.5, 0.6) is 0 Å². The van der Waals surface area contributed by atoms with Crippen LogP contribution in [0, 0.1) is 11.8 Å². The standard InChI is InChI=1S/C24H29N5O2.2ClH/c25-7-3-4-16-8-17(12-26-11-16)24(31)28-13-18-9-22(23(30)10-19(18)14-28)29-15-27-20-5-1-2-6-21(20)29;;/h1-2,5-6,8,11-12,15,18-19,22-23,30H,3-4,7,9-10,13-14,25H2;2*1H/t18-,19+,22-,23-;;/m1../s1. The monoisotopic (exact) mass is 491 g/mol. The van der Waals surface area contributed by atoms with Gasteiger partial charge >= 0.3 is 0 Å². The second-order valence-corrected chi connectivity index (χ2v) is 8.95. The predicted octanol–water partition coefficient (Wildman–Crippen LogP) is 3.25. The van der Waals surface area contributed by atoms with E-state index in [0.717, 1.165) is 42.4 Å². The molecule has 9 heteroatoms. The number of aliphatic hydroxyl groups excluding tert-OH is 1. The second kappa shape index (κ2) is 10.8. The summed E-state index contributed by atoms with van der Waals surface area (Å²) in [4.78, 5) is 23.9. The lowest BCUT2D eigenvalue weighted by molar-refractivity contribution is 0.0374. The van der Waals surface area contributed by atoms with Gasteiger partial charge in [0, 0.05) is 25.5 Å². The van der Waals surface area contributed by atoms with Gasteiger partial charge < -0.3 is 20.3 Å². The van der Waals surface area contributed by atoms with Gasteiger partial charge in [-0.05, 0) is 67.8 Å². The van der Waals surface area contributed by atoms with Crippen LogP contribution in [0.1, 0.15) is 41.2 Å². The van der Waals surface area contributed by atoms with E-state index in [9.17, 15) is 9.90 Å². The molecule has 0 bridgehead atoms. The number of aromatic nitrogens is 3. The Hall–Kier alpha value is -2.19. The van der Waals surface area contributed by atoms with Gasteiger partial charge in [-0.1, -0.05) is 12.1 Å². The number of likely N-dealkylation sites (tertiary alicyclic amines) is 1. The molecule has 1 aliphatic heterocycles. The van der Waals surface area contributed by atoms with E-state index in [0.29, 0.717) is 36.9 Å². The Kier molecular flexibility index (Phi) is 8.34. The first-order valence-corrected chi connectivity index (χ1v) is 11.2. The molecule has 7 nitrogen and oxygen atoms in total. The number of pyridine rings is 1. The lowest BCUT2D eigenvalue weighted by Crippen LogP contribution is -2.36. The van der Waals surface area contributed by atoms with Gasteiger partial charge in [0.1, 0.15) is 0 Å². The molecule has 1 saturated carbocycles. The minimum atomic E-state index is -0.435. The summed E-state index contributed by atoms with van der Waals surface area (Å²) in [5.74, 6) is 0.751. The van der Waals surface area contributed by atoms with Crippen molar-refractivity contribution < 1.29 is 9.90 Å². The Balaban J connectivity index is 0.00000153. The number of fused-ring (bicyclic) bond motifs is 2. The fourth-order valence-electron chi connectivity index (χ4n) is 5.34. The van der Waals surface area contributed by atoms with E-state index in [4.69, 9.17) is 5.73 Å². The van der Waals surface area contributed by atoms with Crippen LogP contribution in [0.15, 0.2) is 49.1 Å². The molecule has 1 saturated heterocycles. The zero-order chi connectivity index (χ0) is 21.4. The van der Waals surface area contributed by atoms with E-state index in [1.165, 1.54) is 0 Å². The first-order valence-electron chi connectivity index (χ1n) is 11.2. The minimum Gasteiger partial charge on any atom is -0.391 e. The normalized spacial score (nSPS) is 24.1. The maximum absolute atomic E-state index is 13.2. The number of nitrogens with zero attached hydrogens (tertiary/aromatic N) is 4. The Labute approximate surface area is 206 Å². The van der Waals surface area contributed by atoms with E-state index in [2.05, 4.69) is 20.6 Å². The van der Waals surface area contributed by atoms with Crippen LogP contribution in [0.25, 0.3) is 11.0 Å². The molecule has 2 fully saturated rings. The molecule has 0 spiro atoms. The highest BCUT2D eigenvalue weighted by atomic mass is 35.5. The highest BCUT2D eigenvalue weighted by Gasteiger charge is 2.44. The highest BCUT2D eigenvalue weighted by molar-refractivity contribution is 5.94. The number of benzene rings is 1. The summed E-state index contributed by atoms with van der Waals surface area (Å²) in [7, 11) is 0. The van der Waals surface area contributed by atoms with Crippen molar-refractivity contribution in [1.82, 2.24) is 19.4 Å². The lowest BCUT2D eigenvalue weighted by Gasteiger charge is -2.36. The molecule has 1 aromatic carbocycles. The molecule has 1 aliphatic carbocycles. The minimum absolute atomic E-state index is 0. The van der Waals surface area contributed by atoms with Gasteiger partial charge in [0.15, 0.2) is 0 Å². The molecule has 33 heavy (non-hydrogen) atoms. The van der Waals surface area contributed by atoms with Crippen molar-refractivity contribution in [2.24, 2.45) is 17.6 Å². The molecule has 3 aromatic rings. The molecule has 0 radical (unpaired) electrons. The van der Waals surface area contributed by atoms with Gasteiger partial charge in [0.05, 0.1) is 35.1 Å². The summed E-state index contributed by atoms with van der Waals surface area (Å²) in [6.07, 6.45) is 8.16. The van der Waals surface area contributed by atoms with E-state index in [-0.39, 0.29) is 36.8 Å². The van der Waals surface area contributed by atoms with Gasteiger partial charge in [-0.15, -0.1) is 24.8 Å². The summed E-state index contributed by atoms with van der Waals surface area (Å²) in [5.41, 5.74) is 9.30. The molecule has 5 rings (SSSR count). The Morgan fingerprint density at radius 1 is 1.12 bits per heavy atom. The summed E-state index contributed by atoms with van der Waals surface area (Å²) in [6, 6.07) is 9.97. The Morgan fingerprint density at radius 2 is 1.88 bits per heavy atom. The number of hydrogen-bond donors (Lipinski definition) is 2. The quantitative estimate of drug-likeness (QED) is 0.570. The molecule has 3 heterocycles. The van der Waals surface area contributed by atoms with Gasteiger partial charge in [-0.2, -0.15) is 0 Å². The molecule has 3 N–H and O–H groups in total. The number of amides is 1. The average molecular weight is 492 g/mol. The number of aryl methyl sites for hydroxylation is 1. The van der Waals surface area contributed by atoms with E-state index >= 15 is 0 Å². The van der Waals surface area contributed by atoms with E-state index in [1.807, 2.05) is 41.7 Å². The largest absolute Gasteiger partial charge is 0.391 e. The van der Waals surface area contributed by atoms with Crippen molar-refractivity contribution in [3.63, 3.8) is 0 Å². The SMILES string of the molecule is Cl.Cl.NCCCc1cncc(C(=O)N2C[C@H]3C[C@@H](n4cnc5ccccc54)[C@H](O)C[C@H]3C2)c1. The number of imidazole rings is 1. The number of carbonyl (C=O) groups excluding carboxylic acids is 1. The second-order valence-electron chi connectivity index (χ2n) is 8.95. The van der Waals surface area contributed by atoms with Crippen LogP contribution in [-0.4, -0.2) is 56.2 Å². The van der Waals surface area contributed by atoms with Crippen LogP contribution in [0.2, 0.25) is 0 Å². The smallest absolute Gasteiger partial charge is 0.255 e. The van der Waals surface area contributed by atoms with Crippen molar-refractivity contribution in [2.75, 3.05) is 19.6 Å². The van der Waals surface area contributed by atoms with Crippen LogP contribution < -0.4 is 5.73 Å². The summed E-state index contributed by atoms with van der Waals surface area (Å²) in [6.45, 7) is 2.06. The third-order valence-electron chi connectivity index (χ3n) is 6.95. The predicted molar refractivity (Wildman–Crippen MR) is 133 cm³/mol. The number of para-hydroxylation sites is 2. The molecule has 178 valence electrons. The molecular formula is C24H31Cl2N5O2. The topological polar surface area (TPSA) is 97.3 Å². The zero-order valence-electron chi connectivity index (χ0n) is 18.4. The van der Waals surface area contributed by atoms with Crippen LogP contribution in [0.4, 0.5) is 0 Å². The van der Waals surface area contributed by atoms with Gasteiger partial charge in [-0.25, -0.2) is 4.98 Å². The van der Waals surface area contributed by atoms with Crippen molar-refractivity contribution in [3.05, 3.63) is 60.2 Å². The number of carbonyl (C=O) groups is 1. The number of halogens is 2. The molecular weight excluding hydrogens is 461 g/mol. The van der Waals surface area contributed by atoms with Gasteiger partial charge in [0.25, 0.3) is 5.91 Å². The van der Waals surface area contributed by atoms with Crippen molar-refractivity contribution in [2.45, 2.75) is 37.8 Å². The van der Waals surface area contributed by atoms with Crippen molar-refractivity contribution >= 4 is 41.8 Å². The third kappa shape index (κ3) is 5.01. The van der Waals surface area contributed by atoms with Crippen molar-refractivity contribution in [1.29, 1.82) is 0 Å². The fraction of sp³-hybridized carbons (Fsp3) is 0.458. The van der Waals surface area contributed by atoms with Crippen LogP contribution >= 0.6 is 24.8 Å². The van der Waals surface area contributed by atoms with Crippen LogP contribution in [-0.2, 0) is 6.42 Å². The fourth-order valence-corrected chi connectivity index (χ4v) is 5.34. The molecule has 0 unspecified atom stereocenters. The van der Waals surface area contributed by atoms with Gasteiger partial charge in [0.2, 0.25) is 0 Å². The Bertz CT molecular complexity index is 1090.